The lowest BCUT2D eigenvalue weighted by Crippen LogP contribution is -2.24. The van der Waals surface area contributed by atoms with E-state index in [2.05, 4.69) is 16.0 Å². The first-order chi connectivity index (χ1) is 10.1. The Kier molecular flexibility index (Phi) is 5.06. The van der Waals surface area contributed by atoms with Gasteiger partial charge in [0.2, 0.25) is 0 Å². The Morgan fingerprint density at radius 1 is 1.33 bits per heavy atom. The number of nitrogens with one attached hydrogen (secondary N) is 3. The van der Waals surface area contributed by atoms with Crippen LogP contribution in [0.5, 0.6) is 0 Å². The van der Waals surface area contributed by atoms with Crippen LogP contribution in [0.3, 0.4) is 0 Å². The molecule has 0 unspecified atom stereocenters. The van der Waals surface area contributed by atoms with E-state index in [0.717, 1.165) is 13.0 Å². The van der Waals surface area contributed by atoms with Crippen molar-refractivity contribution < 1.29 is 9.59 Å². The third-order valence-corrected chi connectivity index (χ3v) is 4.55. The van der Waals surface area contributed by atoms with Gasteiger partial charge in [0.25, 0.3) is 11.8 Å². The van der Waals surface area contributed by atoms with Gasteiger partial charge in [0.15, 0.2) is 0 Å². The van der Waals surface area contributed by atoms with Gasteiger partial charge in [-0.25, -0.2) is 0 Å². The number of carbonyl (C=O) groups is 2. The summed E-state index contributed by atoms with van der Waals surface area (Å²) < 4.78 is 0. The van der Waals surface area contributed by atoms with Gasteiger partial charge in [0.1, 0.15) is 9.88 Å². The fourth-order valence-electron chi connectivity index (χ4n) is 1.97. The van der Waals surface area contributed by atoms with Crippen molar-refractivity contribution in [2.24, 2.45) is 5.92 Å². The third-order valence-electron chi connectivity index (χ3n) is 3.39. The van der Waals surface area contributed by atoms with Gasteiger partial charge in [-0.15, -0.1) is 11.3 Å². The molecule has 1 saturated carbocycles. The number of nitrogens with two attached hydrogens (primary N) is 1. The summed E-state index contributed by atoms with van der Waals surface area (Å²) >= 11 is 1.25. The molecule has 116 valence electrons. The summed E-state index contributed by atoms with van der Waals surface area (Å²) in [5.41, 5.74) is 6.66. The first-order valence-corrected chi connectivity index (χ1v) is 8.06. The molecule has 0 spiro atoms. The molecule has 1 aromatic rings. The molecule has 21 heavy (non-hydrogen) atoms. The first-order valence-electron chi connectivity index (χ1n) is 7.24. The number of nitrogen functional groups attached to an aromatic ring is 1. The van der Waals surface area contributed by atoms with E-state index in [-0.39, 0.29) is 17.5 Å². The predicted molar refractivity (Wildman–Crippen MR) is 86.0 cm³/mol. The van der Waals surface area contributed by atoms with Gasteiger partial charge in [-0.05, 0) is 25.2 Å². The molecule has 1 aliphatic rings. The lowest BCUT2D eigenvalue weighted by atomic mass is 10.2. The molecule has 0 atom stereocenters. The van der Waals surface area contributed by atoms with Crippen molar-refractivity contribution in [2.75, 3.05) is 31.2 Å². The van der Waals surface area contributed by atoms with Gasteiger partial charge in [-0.1, -0.05) is 6.92 Å². The Morgan fingerprint density at radius 2 is 2.05 bits per heavy atom. The minimum atomic E-state index is -0.267. The van der Waals surface area contributed by atoms with E-state index in [1.54, 1.807) is 7.05 Å². The fraction of sp³-hybridized carbons (Fsp3) is 0.571. The molecule has 0 radical (unpaired) electrons. The number of hydrogen-bond acceptors (Lipinski definition) is 5. The summed E-state index contributed by atoms with van der Waals surface area (Å²) in [5.74, 6) is 0.184. The van der Waals surface area contributed by atoms with E-state index in [4.69, 9.17) is 5.73 Å². The Labute approximate surface area is 128 Å². The number of rotatable bonds is 7. The third kappa shape index (κ3) is 3.66. The van der Waals surface area contributed by atoms with Crippen LogP contribution >= 0.6 is 11.3 Å². The van der Waals surface area contributed by atoms with Crippen LogP contribution in [0.2, 0.25) is 0 Å². The fourth-order valence-corrected chi connectivity index (χ4v) is 3.01. The maximum Gasteiger partial charge on any atom is 0.263 e. The van der Waals surface area contributed by atoms with Gasteiger partial charge >= 0.3 is 0 Å². The average molecular weight is 310 g/mol. The lowest BCUT2D eigenvalue weighted by Gasteiger charge is -2.06. The molecule has 2 rings (SSSR count). The molecule has 7 heteroatoms. The molecule has 0 aromatic carbocycles. The smallest absolute Gasteiger partial charge is 0.263 e. The van der Waals surface area contributed by atoms with Crippen LogP contribution in [0.1, 0.15) is 46.2 Å². The number of thiophene rings is 1. The molecule has 0 saturated heterocycles. The Morgan fingerprint density at radius 3 is 2.62 bits per heavy atom. The minimum Gasteiger partial charge on any atom is -0.397 e. The maximum atomic E-state index is 12.1. The predicted octanol–water partition coefficient (Wildman–Crippen LogP) is 1.65. The summed E-state index contributed by atoms with van der Waals surface area (Å²) in [6.07, 6.45) is 3.28. The summed E-state index contributed by atoms with van der Waals surface area (Å²) in [4.78, 5) is 24.5. The average Bonchev–Trinajstić information content (AvgIpc) is 3.25. The SMILES string of the molecule is CCCNC(=O)c1sc(NCC2CC2)c(C(=O)NC)c1N. The zero-order valence-electron chi connectivity index (χ0n) is 12.4. The molecule has 2 amide bonds. The van der Waals surface area contributed by atoms with Crippen LogP contribution in [0.4, 0.5) is 10.7 Å². The molecule has 1 aromatic heterocycles. The van der Waals surface area contributed by atoms with E-state index in [1.807, 2.05) is 6.92 Å². The van der Waals surface area contributed by atoms with Gasteiger partial charge in [-0.3, -0.25) is 9.59 Å². The summed E-state index contributed by atoms with van der Waals surface area (Å²) in [6, 6.07) is 0. The van der Waals surface area contributed by atoms with E-state index in [9.17, 15) is 9.59 Å². The van der Waals surface area contributed by atoms with E-state index < -0.39 is 0 Å². The number of carbonyl (C=O) groups excluding carboxylic acids is 2. The van der Waals surface area contributed by atoms with Crippen molar-refractivity contribution in [3.05, 3.63) is 10.4 Å². The van der Waals surface area contributed by atoms with Crippen molar-refractivity contribution in [1.29, 1.82) is 0 Å². The van der Waals surface area contributed by atoms with Crippen LogP contribution in [0.15, 0.2) is 0 Å². The highest BCUT2D eigenvalue weighted by Gasteiger charge is 2.27. The van der Waals surface area contributed by atoms with Gasteiger partial charge in [-0.2, -0.15) is 0 Å². The first kappa shape index (κ1) is 15.6. The second kappa shape index (κ2) is 6.80. The van der Waals surface area contributed by atoms with Crippen LogP contribution in [-0.2, 0) is 0 Å². The molecule has 0 aliphatic heterocycles. The summed E-state index contributed by atoms with van der Waals surface area (Å²) in [7, 11) is 1.56. The number of anilines is 2. The molecular formula is C14H22N4O2S. The molecule has 6 nitrogen and oxygen atoms in total. The lowest BCUT2D eigenvalue weighted by molar-refractivity contribution is 0.0957. The van der Waals surface area contributed by atoms with Crippen molar-refractivity contribution in [3.63, 3.8) is 0 Å². The number of amides is 2. The van der Waals surface area contributed by atoms with Crippen LogP contribution < -0.4 is 21.7 Å². The van der Waals surface area contributed by atoms with E-state index in [0.29, 0.717) is 27.9 Å². The van der Waals surface area contributed by atoms with Gasteiger partial charge in [0.05, 0.1) is 11.3 Å². The zero-order valence-corrected chi connectivity index (χ0v) is 13.2. The Balaban J connectivity index is 2.23. The van der Waals surface area contributed by atoms with Crippen molar-refractivity contribution in [1.82, 2.24) is 10.6 Å². The molecule has 5 N–H and O–H groups in total. The second-order valence-corrected chi connectivity index (χ2v) is 6.23. The summed E-state index contributed by atoms with van der Waals surface area (Å²) in [5, 5.41) is 9.31. The zero-order chi connectivity index (χ0) is 15.4. The molecule has 1 heterocycles. The molecule has 0 bridgehead atoms. The highest BCUT2D eigenvalue weighted by molar-refractivity contribution is 7.19. The topological polar surface area (TPSA) is 96.2 Å². The van der Waals surface area contributed by atoms with Crippen LogP contribution in [-0.4, -0.2) is 32.0 Å². The van der Waals surface area contributed by atoms with Crippen LogP contribution in [0, 0.1) is 5.92 Å². The maximum absolute atomic E-state index is 12.1. The largest absolute Gasteiger partial charge is 0.397 e. The quantitative estimate of drug-likeness (QED) is 0.616. The minimum absolute atomic E-state index is 0.219. The van der Waals surface area contributed by atoms with E-state index in [1.165, 1.54) is 24.2 Å². The normalized spacial score (nSPS) is 13.8. The second-order valence-electron chi connectivity index (χ2n) is 5.21. The van der Waals surface area contributed by atoms with Gasteiger partial charge in [0, 0.05) is 20.1 Å². The highest BCUT2D eigenvalue weighted by atomic mass is 32.1. The van der Waals surface area contributed by atoms with Crippen LogP contribution in [0.25, 0.3) is 0 Å². The monoisotopic (exact) mass is 310 g/mol. The van der Waals surface area contributed by atoms with Crippen molar-refractivity contribution in [2.45, 2.75) is 26.2 Å². The Bertz CT molecular complexity index is 537. The van der Waals surface area contributed by atoms with Crippen molar-refractivity contribution in [3.8, 4) is 0 Å². The van der Waals surface area contributed by atoms with Crippen molar-refractivity contribution >= 4 is 33.8 Å². The van der Waals surface area contributed by atoms with E-state index >= 15 is 0 Å². The molecule has 1 aliphatic carbocycles. The molecular weight excluding hydrogens is 288 g/mol. The van der Waals surface area contributed by atoms with Gasteiger partial charge < -0.3 is 21.7 Å². The standard InChI is InChI=1S/C14H22N4O2S/c1-3-6-17-13(20)11-10(15)9(12(19)16-2)14(21-11)18-7-8-4-5-8/h8,18H,3-7,15H2,1-2H3,(H,16,19)(H,17,20). The molecule has 1 fully saturated rings. The summed E-state index contributed by atoms with van der Waals surface area (Å²) in [6.45, 7) is 3.40. The Hall–Kier alpha value is -1.76. The number of hydrogen-bond donors (Lipinski definition) is 4. The highest BCUT2D eigenvalue weighted by Crippen LogP contribution is 2.37.